The number of rotatable bonds is 5. The quantitative estimate of drug-likeness (QED) is 0.747. The summed E-state index contributed by atoms with van der Waals surface area (Å²) in [6, 6.07) is 10.7. The third-order valence-electron chi connectivity index (χ3n) is 3.30. The molecule has 0 fully saturated rings. The average molecular weight is 341 g/mol. The number of methoxy groups -OCH3 is 1. The maximum absolute atomic E-state index is 13.4. The van der Waals surface area contributed by atoms with Gasteiger partial charge in [0.1, 0.15) is 11.6 Å². The molecule has 0 aliphatic carbocycles. The van der Waals surface area contributed by atoms with Gasteiger partial charge in [0.15, 0.2) is 5.82 Å². The first-order valence-corrected chi connectivity index (χ1v) is 7.48. The van der Waals surface area contributed by atoms with E-state index in [1.165, 1.54) is 25.3 Å². The second-order valence-electron chi connectivity index (χ2n) is 5.18. The van der Waals surface area contributed by atoms with Gasteiger partial charge < -0.3 is 10.1 Å². The minimum Gasteiger partial charge on any atom is -0.497 e. The van der Waals surface area contributed by atoms with E-state index in [1.54, 1.807) is 23.1 Å². The van der Waals surface area contributed by atoms with Crippen molar-refractivity contribution in [3.8, 4) is 5.75 Å². The van der Waals surface area contributed by atoms with E-state index in [9.17, 15) is 9.18 Å². The summed E-state index contributed by atoms with van der Waals surface area (Å²) in [4.78, 5) is 16.2. The predicted molar refractivity (Wildman–Crippen MR) is 91.2 cm³/mol. The van der Waals surface area contributed by atoms with Crippen molar-refractivity contribution in [2.75, 3.05) is 17.7 Å². The van der Waals surface area contributed by atoms with Crippen LogP contribution in [0, 0.1) is 5.82 Å². The molecule has 128 valence electrons. The lowest BCUT2D eigenvalue weighted by Gasteiger charge is -2.08. The Balaban J connectivity index is 1.61. The Morgan fingerprint density at radius 1 is 1.24 bits per heavy atom. The molecule has 3 rings (SSSR count). The van der Waals surface area contributed by atoms with Crippen molar-refractivity contribution in [2.45, 2.75) is 6.54 Å². The summed E-state index contributed by atoms with van der Waals surface area (Å²) in [6.07, 6.45) is 3.44. The largest absolute Gasteiger partial charge is 0.497 e. The van der Waals surface area contributed by atoms with Crippen LogP contribution in [0.5, 0.6) is 5.75 Å². The van der Waals surface area contributed by atoms with Crippen molar-refractivity contribution in [2.24, 2.45) is 0 Å². The maximum Gasteiger partial charge on any atom is 0.324 e. The summed E-state index contributed by atoms with van der Waals surface area (Å²) in [5.41, 5.74) is 1.13. The maximum atomic E-state index is 13.4. The summed E-state index contributed by atoms with van der Waals surface area (Å²) in [5.74, 6) is 0.182. The van der Waals surface area contributed by atoms with Gasteiger partial charge in [-0.15, -0.1) is 0 Å². The highest BCUT2D eigenvalue weighted by atomic mass is 19.1. The molecule has 25 heavy (non-hydrogen) atoms. The summed E-state index contributed by atoms with van der Waals surface area (Å²) in [5, 5.41) is 9.37. The molecule has 0 bridgehead atoms. The molecule has 0 saturated carbocycles. The molecule has 2 amide bonds. The van der Waals surface area contributed by atoms with E-state index in [4.69, 9.17) is 4.74 Å². The highest BCUT2D eigenvalue weighted by Crippen LogP contribution is 2.20. The van der Waals surface area contributed by atoms with Gasteiger partial charge in [-0.05, 0) is 18.2 Å². The Labute approximate surface area is 143 Å². The van der Waals surface area contributed by atoms with Crippen LogP contribution in [0.1, 0.15) is 5.69 Å². The predicted octanol–water partition coefficient (Wildman–Crippen LogP) is 3.12. The Morgan fingerprint density at radius 2 is 2.12 bits per heavy atom. The van der Waals surface area contributed by atoms with E-state index in [1.807, 2.05) is 18.2 Å². The number of urea groups is 1. The van der Waals surface area contributed by atoms with Crippen LogP contribution in [0.15, 0.2) is 54.9 Å². The van der Waals surface area contributed by atoms with E-state index < -0.39 is 11.8 Å². The van der Waals surface area contributed by atoms with Gasteiger partial charge in [0.05, 0.1) is 19.3 Å². The molecule has 8 heteroatoms. The number of aromatic nitrogens is 3. The minimum atomic E-state index is -0.532. The topological polar surface area (TPSA) is 81.1 Å². The van der Waals surface area contributed by atoms with Crippen LogP contribution in [-0.4, -0.2) is 27.9 Å². The minimum absolute atomic E-state index is 0.280. The van der Waals surface area contributed by atoms with Gasteiger partial charge in [-0.25, -0.2) is 9.18 Å². The summed E-state index contributed by atoms with van der Waals surface area (Å²) in [7, 11) is 1.42. The van der Waals surface area contributed by atoms with Crippen molar-refractivity contribution < 1.29 is 13.9 Å². The SMILES string of the molecule is COc1cc(F)cc(NC(=O)Nc2ccn(Cc3ccccn3)n2)c1. The average Bonchev–Trinajstić information content (AvgIpc) is 3.01. The normalized spacial score (nSPS) is 10.3. The molecule has 0 unspecified atom stereocenters. The second kappa shape index (κ2) is 7.43. The first-order chi connectivity index (χ1) is 12.1. The first kappa shape index (κ1) is 16.4. The Kier molecular flexibility index (Phi) is 4.89. The molecule has 0 aliphatic heterocycles. The van der Waals surface area contributed by atoms with E-state index in [-0.39, 0.29) is 5.69 Å². The Bertz CT molecular complexity index is 866. The molecule has 2 heterocycles. The molecule has 0 radical (unpaired) electrons. The van der Waals surface area contributed by atoms with E-state index in [2.05, 4.69) is 20.7 Å². The molecule has 7 nitrogen and oxygen atoms in total. The number of ether oxygens (including phenoxy) is 1. The smallest absolute Gasteiger partial charge is 0.324 e. The number of nitrogens with one attached hydrogen (secondary N) is 2. The summed E-state index contributed by atoms with van der Waals surface area (Å²) in [6.45, 7) is 0.491. The van der Waals surface area contributed by atoms with Gasteiger partial charge in [-0.1, -0.05) is 6.07 Å². The first-order valence-electron chi connectivity index (χ1n) is 7.48. The van der Waals surface area contributed by atoms with Crippen LogP contribution in [-0.2, 0) is 6.54 Å². The molecule has 0 aliphatic rings. The zero-order chi connectivity index (χ0) is 17.6. The van der Waals surface area contributed by atoms with Crippen molar-refractivity contribution in [3.63, 3.8) is 0 Å². The van der Waals surface area contributed by atoms with Crippen molar-refractivity contribution >= 4 is 17.5 Å². The Morgan fingerprint density at radius 3 is 2.88 bits per heavy atom. The molecule has 2 aromatic heterocycles. The number of carbonyl (C=O) groups excluding carboxylic acids is 1. The van der Waals surface area contributed by atoms with Crippen LogP contribution >= 0.6 is 0 Å². The lowest BCUT2D eigenvalue weighted by molar-refractivity contribution is 0.262. The van der Waals surface area contributed by atoms with E-state index in [0.29, 0.717) is 18.1 Å². The molecule has 0 saturated heterocycles. The number of anilines is 2. The number of hydrogen-bond donors (Lipinski definition) is 2. The van der Waals surface area contributed by atoms with Crippen LogP contribution < -0.4 is 15.4 Å². The molecular weight excluding hydrogens is 325 g/mol. The fraction of sp³-hybridized carbons (Fsp3) is 0.118. The highest BCUT2D eigenvalue weighted by molar-refractivity contribution is 5.99. The molecule has 1 aromatic carbocycles. The molecule has 2 N–H and O–H groups in total. The van der Waals surface area contributed by atoms with Crippen LogP contribution in [0.3, 0.4) is 0 Å². The molecule has 0 spiro atoms. The number of hydrogen-bond acceptors (Lipinski definition) is 4. The zero-order valence-corrected chi connectivity index (χ0v) is 13.4. The van der Waals surface area contributed by atoms with Gasteiger partial charge in [0.2, 0.25) is 0 Å². The summed E-state index contributed by atoms with van der Waals surface area (Å²) < 4.78 is 20.0. The summed E-state index contributed by atoms with van der Waals surface area (Å²) >= 11 is 0. The van der Waals surface area contributed by atoms with E-state index >= 15 is 0 Å². The van der Waals surface area contributed by atoms with E-state index in [0.717, 1.165) is 5.69 Å². The van der Waals surface area contributed by atoms with Crippen LogP contribution in [0.25, 0.3) is 0 Å². The lowest BCUT2D eigenvalue weighted by Crippen LogP contribution is -2.20. The van der Waals surface area contributed by atoms with Crippen LogP contribution in [0.4, 0.5) is 20.7 Å². The Hall–Kier alpha value is -3.42. The number of amides is 2. The molecule has 3 aromatic rings. The third-order valence-corrected chi connectivity index (χ3v) is 3.30. The number of pyridine rings is 1. The van der Waals surface area contributed by atoms with Gasteiger partial charge in [-0.2, -0.15) is 5.10 Å². The molecule has 0 atom stereocenters. The third kappa shape index (κ3) is 4.54. The highest BCUT2D eigenvalue weighted by Gasteiger charge is 2.08. The monoisotopic (exact) mass is 341 g/mol. The van der Waals surface area contributed by atoms with Gasteiger partial charge in [0, 0.05) is 36.3 Å². The van der Waals surface area contributed by atoms with Crippen molar-refractivity contribution in [1.82, 2.24) is 14.8 Å². The lowest BCUT2D eigenvalue weighted by atomic mass is 10.3. The number of halogens is 1. The fourth-order valence-electron chi connectivity index (χ4n) is 2.21. The standard InChI is InChI=1S/C17H16FN5O2/c1-25-15-9-12(18)8-14(10-15)20-17(24)21-16-5-7-23(22-16)11-13-4-2-3-6-19-13/h2-10H,11H2,1H3,(H2,20,21,22,24). The van der Waals surface area contributed by atoms with Gasteiger partial charge in [-0.3, -0.25) is 15.0 Å². The van der Waals surface area contributed by atoms with Crippen molar-refractivity contribution in [3.05, 3.63) is 66.4 Å². The second-order valence-corrected chi connectivity index (χ2v) is 5.18. The zero-order valence-electron chi connectivity index (χ0n) is 13.4. The van der Waals surface area contributed by atoms with Crippen molar-refractivity contribution in [1.29, 1.82) is 0 Å². The number of benzene rings is 1. The number of carbonyl (C=O) groups is 1. The molecular formula is C17H16FN5O2. The van der Waals surface area contributed by atoms with Gasteiger partial charge >= 0.3 is 6.03 Å². The van der Waals surface area contributed by atoms with Gasteiger partial charge in [0.25, 0.3) is 0 Å². The van der Waals surface area contributed by atoms with Crippen LogP contribution in [0.2, 0.25) is 0 Å². The fourth-order valence-corrected chi connectivity index (χ4v) is 2.21. The number of nitrogens with zero attached hydrogens (tertiary/aromatic N) is 3.